The maximum absolute atomic E-state index is 11.7. The van der Waals surface area contributed by atoms with Crippen molar-refractivity contribution in [3.8, 4) is 11.5 Å². The van der Waals surface area contributed by atoms with Crippen LogP contribution < -0.4 is 25.2 Å². The number of ether oxygens (including phenoxy) is 2. The number of benzene rings is 2. The van der Waals surface area contributed by atoms with Crippen molar-refractivity contribution in [1.29, 1.82) is 0 Å². The SMILES string of the molecule is COc1ccc(Nc2cc(NCc3cc(S(N)(=O)=O)ccc3SC)ncn2)cc1OC. The Bertz CT molecular complexity index is 1170. The summed E-state index contributed by atoms with van der Waals surface area (Å²) in [5.74, 6) is 2.38. The Morgan fingerprint density at radius 3 is 2.42 bits per heavy atom. The van der Waals surface area contributed by atoms with Crippen molar-refractivity contribution in [2.24, 2.45) is 5.14 Å². The van der Waals surface area contributed by atoms with Crippen LogP contribution in [0.2, 0.25) is 0 Å². The molecule has 0 aliphatic rings. The van der Waals surface area contributed by atoms with E-state index in [4.69, 9.17) is 14.6 Å². The number of aromatic nitrogens is 2. The van der Waals surface area contributed by atoms with Crippen molar-refractivity contribution < 1.29 is 17.9 Å². The van der Waals surface area contributed by atoms with Gasteiger partial charge in [-0.05, 0) is 42.2 Å². The largest absolute Gasteiger partial charge is 0.493 e. The summed E-state index contributed by atoms with van der Waals surface area (Å²) >= 11 is 1.52. The molecule has 0 amide bonds. The Labute approximate surface area is 185 Å². The van der Waals surface area contributed by atoms with Crippen LogP contribution in [-0.4, -0.2) is 38.9 Å². The highest BCUT2D eigenvalue weighted by Gasteiger charge is 2.12. The van der Waals surface area contributed by atoms with Gasteiger partial charge >= 0.3 is 0 Å². The Hall–Kier alpha value is -3.02. The van der Waals surface area contributed by atoms with Gasteiger partial charge in [0.25, 0.3) is 0 Å². The van der Waals surface area contributed by atoms with E-state index in [1.54, 1.807) is 44.6 Å². The van der Waals surface area contributed by atoms with Gasteiger partial charge in [0.2, 0.25) is 10.0 Å². The van der Waals surface area contributed by atoms with E-state index in [0.29, 0.717) is 29.7 Å². The lowest BCUT2D eigenvalue weighted by molar-refractivity contribution is 0.355. The molecule has 1 aromatic heterocycles. The third-order valence-corrected chi connectivity index (χ3v) is 6.11. The molecule has 0 radical (unpaired) electrons. The van der Waals surface area contributed by atoms with Crippen molar-refractivity contribution in [2.75, 3.05) is 31.1 Å². The lowest BCUT2D eigenvalue weighted by Gasteiger charge is -2.13. The molecule has 0 spiro atoms. The molecule has 0 aliphatic heterocycles. The van der Waals surface area contributed by atoms with Gasteiger partial charge in [-0.3, -0.25) is 0 Å². The van der Waals surface area contributed by atoms with Gasteiger partial charge in [0, 0.05) is 29.3 Å². The van der Waals surface area contributed by atoms with Gasteiger partial charge in [0.05, 0.1) is 19.1 Å². The molecular formula is C20H23N5O4S2. The molecule has 2 aromatic carbocycles. The van der Waals surface area contributed by atoms with Crippen molar-refractivity contribution in [3.63, 3.8) is 0 Å². The van der Waals surface area contributed by atoms with Crippen molar-refractivity contribution in [1.82, 2.24) is 9.97 Å². The number of primary sulfonamides is 1. The number of anilines is 3. The van der Waals surface area contributed by atoms with E-state index in [1.165, 1.54) is 24.2 Å². The van der Waals surface area contributed by atoms with E-state index < -0.39 is 10.0 Å². The second-order valence-electron chi connectivity index (χ2n) is 6.36. The highest BCUT2D eigenvalue weighted by atomic mass is 32.2. The lowest BCUT2D eigenvalue weighted by atomic mass is 10.2. The topological polar surface area (TPSA) is 128 Å². The third kappa shape index (κ3) is 5.78. The van der Waals surface area contributed by atoms with Gasteiger partial charge in [0.15, 0.2) is 11.5 Å². The van der Waals surface area contributed by atoms with Crippen molar-refractivity contribution >= 4 is 39.1 Å². The first-order valence-electron chi connectivity index (χ1n) is 9.08. The molecule has 164 valence electrons. The summed E-state index contributed by atoms with van der Waals surface area (Å²) in [6.07, 6.45) is 3.35. The molecule has 1 heterocycles. The zero-order valence-electron chi connectivity index (χ0n) is 17.2. The number of rotatable bonds is 9. The van der Waals surface area contributed by atoms with Crippen LogP contribution in [0.3, 0.4) is 0 Å². The van der Waals surface area contributed by atoms with Crippen LogP contribution in [0.4, 0.5) is 17.3 Å². The van der Waals surface area contributed by atoms with Gasteiger partial charge in [0.1, 0.15) is 18.0 Å². The van der Waals surface area contributed by atoms with E-state index in [2.05, 4.69) is 20.6 Å². The van der Waals surface area contributed by atoms with Gasteiger partial charge in [-0.1, -0.05) is 0 Å². The van der Waals surface area contributed by atoms with E-state index in [9.17, 15) is 8.42 Å². The molecule has 11 heteroatoms. The number of methoxy groups -OCH3 is 2. The van der Waals surface area contributed by atoms with Crippen molar-refractivity contribution in [2.45, 2.75) is 16.3 Å². The molecule has 31 heavy (non-hydrogen) atoms. The monoisotopic (exact) mass is 461 g/mol. The number of hydrogen-bond acceptors (Lipinski definition) is 9. The number of thioether (sulfide) groups is 1. The molecular weight excluding hydrogens is 438 g/mol. The first-order valence-corrected chi connectivity index (χ1v) is 11.9. The molecule has 0 saturated heterocycles. The molecule has 0 atom stereocenters. The van der Waals surface area contributed by atoms with Crippen LogP contribution in [-0.2, 0) is 16.6 Å². The zero-order valence-corrected chi connectivity index (χ0v) is 18.9. The number of nitrogens with two attached hydrogens (primary N) is 1. The van der Waals surface area contributed by atoms with Crippen LogP contribution >= 0.6 is 11.8 Å². The fraction of sp³-hybridized carbons (Fsp3) is 0.200. The molecule has 0 saturated carbocycles. The summed E-state index contributed by atoms with van der Waals surface area (Å²) in [5, 5.41) is 11.6. The molecule has 0 bridgehead atoms. The van der Waals surface area contributed by atoms with Crippen LogP contribution in [0, 0.1) is 0 Å². The van der Waals surface area contributed by atoms with Crippen LogP contribution in [0.25, 0.3) is 0 Å². The van der Waals surface area contributed by atoms with E-state index in [0.717, 1.165) is 16.1 Å². The molecule has 0 fully saturated rings. The fourth-order valence-corrected chi connectivity index (χ4v) is 4.00. The maximum atomic E-state index is 11.7. The van der Waals surface area contributed by atoms with Gasteiger partial charge in [-0.15, -0.1) is 11.8 Å². The van der Waals surface area contributed by atoms with Crippen LogP contribution in [0.1, 0.15) is 5.56 Å². The summed E-state index contributed by atoms with van der Waals surface area (Å²) in [5.41, 5.74) is 1.57. The first-order chi connectivity index (χ1) is 14.8. The summed E-state index contributed by atoms with van der Waals surface area (Å²) < 4.78 is 33.9. The molecule has 4 N–H and O–H groups in total. The summed E-state index contributed by atoms with van der Waals surface area (Å²) in [6, 6.07) is 12.0. The summed E-state index contributed by atoms with van der Waals surface area (Å²) in [7, 11) is -0.628. The number of nitrogens with zero attached hydrogens (tertiary/aromatic N) is 2. The predicted octanol–water partition coefficient (Wildman–Crippen LogP) is 3.22. The Kier molecular flexibility index (Phi) is 7.21. The summed E-state index contributed by atoms with van der Waals surface area (Å²) in [6.45, 7) is 0.367. The summed E-state index contributed by atoms with van der Waals surface area (Å²) in [4.78, 5) is 9.47. The molecule has 0 aliphatic carbocycles. The van der Waals surface area contributed by atoms with Gasteiger partial charge in [-0.25, -0.2) is 23.5 Å². The fourth-order valence-electron chi connectivity index (χ4n) is 2.84. The highest BCUT2D eigenvalue weighted by molar-refractivity contribution is 7.98. The minimum atomic E-state index is -3.78. The van der Waals surface area contributed by atoms with Crippen molar-refractivity contribution in [3.05, 3.63) is 54.4 Å². The molecule has 0 unspecified atom stereocenters. The Morgan fingerprint density at radius 1 is 1.00 bits per heavy atom. The Morgan fingerprint density at radius 2 is 1.74 bits per heavy atom. The lowest BCUT2D eigenvalue weighted by Crippen LogP contribution is -2.13. The highest BCUT2D eigenvalue weighted by Crippen LogP contribution is 2.31. The molecule has 9 nitrogen and oxygen atoms in total. The van der Waals surface area contributed by atoms with Gasteiger partial charge < -0.3 is 20.1 Å². The zero-order chi connectivity index (χ0) is 22.4. The van der Waals surface area contributed by atoms with E-state index in [-0.39, 0.29) is 4.90 Å². The third-order valence-electron chi connectivity index (χ3n) is 4.36. The van der Waals surface area contributed by atoms with Gasteiger partial charge in [-0.2, -0.15) is 0 Å². The van der Waals surface area contributed by atoms with Crippen LogP contribution in [0.5, 0.6) is 11.5 Å². The minimum absolute atomic E-state index is 0.0700. The minimum Gasteiger partial charge on any atom is -0.493 e. The second-order valence-corrected chi connectivity index (χ2v) is 8.76. The predicted molar refractivity (Wildman–Crippen MR) is 122 cm³/mol. The Balaban J connectivity index is 1.76. The quantitative estimate of drug-likeness (QED) is 0.411. The van der Waals surface area contributed by atoms with E-state index in [1.807, 2.05) is 12.3 Å². The number of nitrogens with one attached hydrogen (secondary N) is 2. The van der Waals surface area contributed by atoms with E-state index >= 15 is 0 Å². The smallest absolute Gasteiger partial charge is 0.238 e. The first kappa shape index (κ1) is 22.7. The van der Waals surface area contributed by atoms with Crippen LogP contribution in [0.15, 0.2) is 58.6 Å². The number of sulfonamides is 1. The molecule has 3 aromatic rings. The molecule has 3 rings (SSSR count). The number of hydrogen-bond donors (Lipinski definition) is 3. The average molecular weight is 462 g/mol. The standard InChI is InChI=1S/C20H23N5O4S2/c1-28-16-6-4-14(9-17(16)29-2)25-20-10-19(23-12-24-20)22-11-13-8-15(31(21,26)27)5-7-18(13)30-3/h4-10,12H,11H2,1-3H3,(H2,21,26,27)(H2,22,23,24,25). The normalized spacial score (nSPS) is 11.1. The average Bonchev–Trinajstić information content (AvgIpc) is 2.77. The maximum Gasteiger partial charge on any atom is 0.238 e. The second kappa shape index (κ2) is 9.86.